The van der Waals surface area contributed by atoms with Crippen molar-refractivity contribution in [3.05, 3.63) is 0 Å². The monoisotopic (exact) mass is 303 g/mol. The van der Waals surface area contributed by atoms with E-state index < -0.39 is 11.8 Å². The maximum Gasteiger partial charge on any atom is 0.248 e. The molecule has 0 aromatic carbocycles. The van der Waals surface area contributed by atoms with E-state index in [2.05, 4.69) is 27.9 Å². The van der Waals surface area contributed by atoms with Gasteiger partial charge in [-0.05, 0) is 6.42 Å². The molecule has 1 N–H and O–H groups in total. The Kier molecular flexibility index (Phi) is 3.87. The predicted molar refractivity (Wildman–Crippen MR) is 54.2 cm³/mol. The molecule has 2 nitrogen and oxygen atoms in total. The second-order valence-corrected chi connectivity index (χ2v) is 4.35. The van der Waals surface area contributed by atoms with Gasteiger partial charge in [0.1, 0.15) is 0 Å². The smallest absolute Gasteiger partial charge is 0.248 e. The summed E-state index contributed by atoms with van der Waals surface area (Å²) in [6, 6.07) is 0. The van der Waals surface area contributed by atoms with Gasteiger partial charge in [-0.2, -0.15) is 0 Å². The van der Waals surface area contributed by atoms with Gasteiger partial charge in [-0.25, -0.2) is 8.78 Å². The normalized spacial score (nSPS) is 25.9. The Morgan fingerprint density at radius 2 is 2.31 bits per heavy atom. The molecule has 0 aromatic heterocycles. The quantitative estimate of drug-likeness (QED) is 0.627. The number of carbonyl (C=O) groups is 1. The van der Waals surface area contributed by atoms with Crippen molar-refractivity contribution in [1.29, 1.82) is 0 Å². The molecule has 0 aromatic rings. The summed E-state index contributed by atoms with van der Waals surface area (Å²) in [6.07, 6.45) is -0.102. The lowest BCUT2D eigenvalue weighted by Gasteiger charge is -2.10. The summed E-state index contributed by atoms with van der Waals surface area (Å²) < 4.78 is 26.2. The van der Waals surface area contributed by atoms with Gasteiger partial charge in [-0.1, -0.05) is 22.6 Å². The van der Waals surface area contributed by atoms with Crippen molar-refractivity contribution >= 4 is 28.5 Å². The highest BCUT2D eigenvalue weighted by Gasteiger charge is 2.42. The van der Waals surface area contributed by atoms with Gasteiger partial charge in [-0.15, -0.1) is 0 Å². The topological polar surface area (TPSA) is 29.1 Å². The van der Waals surface area contributed by atoms with Crippen LogP contribution in [-0.4, -0.2) is 22.8 Å². The summed E-state index contributed by atoms with van der Waals surface area (Å²) in [4.78, 5) is 11.2. The molecule has 13 heavy (non-hydrogen) atoms. The summed E-state index contributed by atoms with van der Waals surface area (Å²) in [7, 11) is 0. The molecule has 5 heteroatoms. The number of hydrogen-bond donors (Lipinski definition) is 1. The number of amides is 1. The van der Waals surface area contributed by atoms with Crippen molar-refractivity contribution in [2.75, 3.05) is 11.0 Å². The highest BCUT2D eigenvalue weighted by Crippen LogP contribution is 2.38. The van der Waals surface area contributed by atoms with E-state index in [9.17, 15) is 13.6 Å². The van der Waals surface area contributed by atoms with Gasteiger partial charge in [-0.3, -0.25) is 4.79 Å². The van der Waals surface area contributed by atoms with E-state index in [-0.39, 0.29) is 18.7 Å². The van der Waals surface area contributed by atoms with Crippen molar-refractivity contribution < 1.29 is 13.6 Å². The van der Waals surface area contributed by atoms with E-state index in [4.69, 9.17) is 0 Å². The zero-order valence-electron chi connectivity index (χ0n) is 7.16. The van der Waals surface area contributed by atoms with Gasteiger partial charge in [0.15, 0.2) is 0 Å². The fraction of sp³-hybridized carbons (Fsp3) is 0.875. The molecule has 0 radical (unpaired) electrons. The molecule has 0 saturated heterocycles. The molecule has 0 aliphatic heterocycles. The fourth-order valence-electron chi connectivity index (χ4n) is 1.49. The lowest BCUT2D eigenvalue weighted by Crippen LogP contribution is -2.31. The van der Waals surface area contributed by atoms with E-state index >= 15 is 0 Å². The summed E-state index contributed by atoms with van der Waals surface area (Å²) >= 11 is 2.13. The first kappa shape index (κ1) is 11.1. The van der Waals surface area contributed by atoms with Crippen molar-refractivity contribution in [3.8, 4) is 0 Å². The Bertz CT molecular complexity index is 199. The van der Waals surface area contributed by atoms with Crippen molar-refractivity contribution in [2.24, 2.45) is 5.92 Å². The van der Waals surface area contributed by atoms with E-state index in [1.807, 2.05) is 0 Å². The predicted octanol–water partition coefficient (Wildman–Crippen LogP) is 1.97. The van der Waals surface area contributed by atoms with Crippen LogP contribution in [0.4, 0.5) is 8.78 Å². The zero-order valence-corrected chi connectivity index (χ0v) is 9.31. The molecule has 0 spiro atoms. The van der Waals surface area contributed by atoms with Gasteiger partial charge >= 0.3 is 0 Å². The van der Waals surface area contributed by atoms with Crippen LogP contribution in [-0.2, 0) is 4.79 Å². The Hall–Kier alpha value is 0.0600. The number of alkyl halides is 3. The van der Waals surface area contributed by atoms with Crippen LogP contribution in [0.15, 0.2) is 0 Å². The number of rotatable bonds is 3. The first-order chi connectivity index (χ1) is 6.05. The van der Waals surface area contributed by atoms with Gasteiger partial charge in [0.05, 0.1) is 0 Å². The van der Waals surface area contributed by atoms with E-state index in [0.717, 1.165) is 4.43 Å². The van der Waals surface area contributed by atoms with Crippen LogP contribution in [0.3, 0.4) is 0 Å². The third-order valence-electron chi connectivity index (χ3n) is 2.17. The van der Waals surface area contributed by atoms with Crippen LogP contribution in [0.25, 0.3) is 0 Å². The summed E-state index contributed by atoms with van der Waals surface area (Å²) in [6.45, 7) is 0.571. The van der Waals surface area contributed by atoms with Crippen LogP contribution in [0.2, 0.25) is 0 Å². The van der Waals surface area contributed by atoms with Crippen LogP contribution in [0.1, 0.15) is 19.3 Å². The third kappa shape index (κ3) is 3.36. The molecule has 0 bridgehead atoms. The standard InChI is InChI=1S/C8H12F2INO/c9-8(10)2-1-6(5-8)7(13)12-4-3-11/h6H,1-5H2,(H,12,13). The average molecular weight is 303 g/mol. The molecule has 1 atom stereocenters. The summed E-state index contributed by atoms with van der Waals surface area (Å²) in [5, 5.41) is 2.63. The fourth-order valence-corrected chi connectivity index (χ4v) is 1.76. The lowest BCUT2D eigenvalue weighted by atomic mass is 10.1. The molecule has 1 aliphatic carbocycles. The Morgan fingerprint density at radius 1 is 1.62 bits per heavy atom. The number of hydrogen-bond acceptors (Lipinski definition) is 1. The first-order valence-corrected chi connectivity index (χ1v) is 5.79. The maximum absolute atomic E-state index is 12.7. The zero-order chi connectivity index (χ0) is 9.90. The minimum Gasteiger partial charge on any atom is -0.355 e. The third-order valence-corrected chi connectivity index (χ3v) is 2.71. The molecule has 0 heterocycles. The summed E-state index contributed by atoms with van der Waals surface area (Å²) in [5.41, 5.74) is 0. The van der Waals surface area contributed by atoms with Crippen LogP contribution in [0.5, 0.6) is 0 Å². The molecule has 1 fully saturated rings. The average Bonchev–Trinajstić information content (AvgIpc) is 2.42. The second kappa shape index (κ2) is 4.52. The Balaban J connectivity index is 2.33. The SMILES string of the molecule is O=C(NCCI)C1CCC(F)(F)C1. The highest BCUT2D eigenvalue weighted by atomic mass is 127. The first-order valence-electron chi connectivity index (χ1n) is 4.27. The van der Waals surface area contributed by atoms with Gasteiger partial charge in [0, 0.05) is 29.7 Å². The lowest BCUT2D eigenvalue weighted by molar-refractivity contribution is -0.125. The van der Waals surface area contributed by atoms with Gasteiger partial charge in [0.25, 0.3) is 0 Å². The number of nitrogens with one attached hydrogen (secondary N) is 1. The van der Waals surface area contributed by atoms with E-state index in [1.54, 1.807) is 0 Å². The molecule has 76 valence electrons. The molecule has 1 unspecified atom stereocenters. The van der Waals surface area contributed by atoms with Crippen molar-refractivity contribution in [1.82, 2.24) is 5.32 Å². The minimum atomic E-state index is -2.62. The molecular weight excluding hydrogens is 291 g/mol. The van der Waals surface area contributed by atoms with Crippen LogP contribution in [0, 0.1) is 5.92 Å². The molecule has 1 aliphatic rings. The Morgan fingerprint density at radius 3 is 2.77 bits per heavy atom. The maximum atomic E-state index is 12.7. The van der Waals surface area contributed by atoms with Crippen LogP contribution >= 0.6 is 22.6 Å². The second-order valence-electron chi connectivity index (χ2n) is 3.28. The number of halogens is 3. The number of carbonyl (C=O) groups excluding carboxylic acids is 1. The van der Waals surface area contributed by atoms with Crippen molar-refractivity contribution in [3.63, 3.8) is 0 Å². The Labute approximate surface area is 89.6 Å². The van der Waals surface area contributed by atoms with Crippen molar-refractivity contribution in [2.45, 2.75) is 25.2 Å². The molecular formula is C8H12F2INO. The molecule has 1 saturated carbocycles. The molecule has 1 amide bonds. The van der Waals surface area contributed by atoms with E-state index in [0.29, 0.717) is 13.0 Å². The largest absolute Gasteiger partial charge is 0.355 e. The molecule has 1 rings (SSSR count). The van der Waals surface area contributed by atoms with Gasteiger partial charge in [0.2, 0.25) is 11.8 Å². The highest BCUT2D eigenvalue weighted by molar-refractivity contribution is 14.1. The van der Waals surface area contributed by atoms with Gasteiger partial charge < -0.3 is 5.32 Å². The van der Waals surface area contributed by atoms with Crippen LogP contribution < -0.4 is 5.32 Å². The summed E-state index contributed by atoms with van der Waals surface area (Å²) in [5.74, 6) is -3.31. The van der Waals surface area contributed by atoms with E-state index in [1.165, 1.54) is 0 Å². The minimum absolute atomic E-state index is 0.144.